The van der Waals surface area contributed by atoms with Gasteiger partial charge in [-0.25, -0.2) is 0 Å². The fourth-order valence-corrected chi connectivity index (χ4v) is 2.00. The first kappa shape index (κ1) is 13.6. The van der Waals surface area contributed by atoms with E-state index in [2.05, 4.69) is 20.2 Å². The molecule has 5 nitrogen and oxygen atoms in total. The third-order valence-corrected chi connectivity index (χ3v) is 3.17. The Bertz CT molecular complexity index is 510. The minimum atomic E-state index is -0.0443. The molecule has 0 saturated carbocycles. The Morgan fingerprint density at radius 3 is 2.74 bits per heavy atom. The van der Waals surface area contributed by atoms with Gasteiger partial charge in [0.2, 0.25) is 0 Å². The van der Waals surface area contributed by atoms with Gasteiger partial charge in [0.25, 0.3) is 5.91 Å². The fourth-order valence-electron chi connectivity index (χ4n) is 1.55. The van der Waals surface area contributed by atoms with Crippen molar-refractivity contribution in [2.75, 3.05) is 13.1 Å². The molecule has 0 saturated heterocycles. The first-order valence-electron chi connectivity index (χ1n) is 6.07. The lowest BCUT2D eigenvalue weighted by molar-refractivity contribution is 0.0954. The van der Waals surface area contributed by atoms with Crippen molar-refractivity contribution in [3.05, 3.63) is 46.5 Å². The molecular weight excluding hydrogens is 260 g/mol. The predicted molar refractivity (Wildman–Crippen MR) is 75.1 cm³/mol. The van der Waals surface area contributed by atoms with Crippen LogP contribution in [-0.4, -0.2) is 28.6 Å². The molecule has 2 aromatic rings. The molecule has 100 valence electrons. The van der Waals surface area contributed by atoms with Crippen LogP contribution < -0.4 is 10.6 Å². The average Bonchev–Trinajstić information content (AvgIpc) is 2.92. The number of hydrogen-bond acceptors (Lipinski definition) is 5. The third kappa shape index (κ3) is 4.42. The van der Waals surface area contributed by atoms with Crippen molar-refractivity contribution in [2.45, 2.75) is 13.5 Å². The Kier molecular flexibility index (Phi) is 5.00. The second-order valence-corrected chi connectivity index (χ2v) is 4.80. The first-order valence-corrected chi connectivity index (χ1v) is 6.91. The summed E-state index contributed by atoms with van der Waals surface area (Å²) in [4.78, 5) is 11.8. The average molecular weight is 276 g/mol. The molecule has 0 atom stereocenters. The van der Waals surface area contributed by atoms with Crippen molar-refractivity contribution >= 4 is 17.4 Å². The SMILES string of the molecule is Cc1ccc(C(=O)NCCNCc2csnn2)cc1. The maximum Gasteiger partial charge on any atom is 0.251 e. The van der Waals surface area contributed by atoms with Crippen LogP contribution in [0.5, 0.6) is 0 Å². The van der Waals surface area contributed by atoms with Gasteiger partial charge in [-0.15, -0.1) is 5.10 Å². The zero-order chi connectivity index (χ0) is 13.5. The highest BCUT2D eigenvalue weighted by Crippen LogP contribution is 2.02. The minimum absolute atomic E-state index is 0.0443. The fraction of sp³-hybridized carbons (Fsp3) is 0.308. The Hall–Kier alpha value is -1.79. The summed E-state index contributed by atoms with van der Waals surface area (Å²) in [6, 6.07) is 7.53. The molecule has 1 aromatic heterocycles. The van der Waals surface area contributed by atoms with E-state index in [0.29, 0.717) is 25.2 Å². The van der Waals surface area contributed by atoms with Crippen LogP contribution in [0.3, 0.4) is 0 Å². The number of nitrogens with one attached hydrogen (secondary N) is 2. The summed E-state index contributed by atoms with van der Waals surface area (Å²) in [5.74, 6) is -0.0443. The van der Waals surface area contributed by atoms with Crippen molar-refractivity contribution in [1.82, 2.24) is 20.2 Å². The van der Waals surface area contributed by atoms with Gasteiger partial charge >= 0.3 is 0 Å². The first-order chi connectivity index (χ1) is 9.25. The summed E-state index contributed by atoms with van der Waals surface area (Å²) in [5, 5.41) is 11.9. The number of hydrogen-bond donors (Lipinski definition) is 2. The summed E-state index contributed by atoms with van der Waals surface area (Å²) < 4.78 is 3.78. The van der Waals surface area contributed by atoms with Gasteiger partial charge in [-0.05, 0) is 30.6 Å². The number of aryl methyl sites for hydroxylation is 1. The molecule has 0 radical (unpaired) electrons. The van der Waals surface area contributed by atoms with E-state index in [1.54, 1.807) is 0 Å². The molecule has 0 aliphatic heterocycles. The van der Waals surface area contributed by atoms with Crippen molar-refractivity contribution < 1.29 is 4.79 Å². The van der Waals surface area contributed by atoms with E-state index in [0.717, 1.165) is 11.3 Å². The Morgan fingerprint density at radius 1 is 1.26 bits per heavy atom. The molecule has 1 heterocycles. The molecular formula is C13H16N4OS. The number of nitrogens with zero attached hydrogens (tertiary/aromatic N) is 2. The molecule has 0 fully saturated rings. The summed E-state index contributed by atoms with van der Waals surface area (Å²) in [6.45, 7) is 3.97. The quantitative estimate of drug-likeness (QED) is 0.782. The van der Waals surface area contributed by atoms with Gasteiger partial charge in [-0.2, -0.15) is 0 Å². The van der Waals surface area contributed by atoms with E-state index in [1.807, 2.05) is 36.6 Å². The van der Waals surface area contributed by atoms with E-state index in [4.69, 9.17) is 0 Å². The number of carbonyl (C=O) groups is 1. The maximum atomic E-state index is 11.8. The number of benzene rings is 1. The Morgan fingerprint density at radius 2 is 2.05 bits per heavy atom. The number of rotatable bonds is 6. The van der Waals surface area contributed by atoms with Crippen LogP contribution in [-0.2, 0) is 6.54 Å². The second-order valence-electron chi connectivity index (χ2n) is 4.19. The normalized spacial score (nSPS) is 10.4. The third-order valence-electron chi connectivity index (χ3n) is 2.61. The summed E-state index contributed by atoms with van der Waals surface area (Å²) >= 11 is 1.34. The molecule has 0 spiro atoms. The second kappa shape index (κ2) is 6.96. The molecule has 0 bridgehead atoms. The Labute approximate surface area is 116 Å². The van der Waals surface area contributed by atoms with Gasteiger partial charge in [0.15, 0.2) is 0 Å². The van der Waals surface area contributed by atoms with Crippen molar-refractivity contribution in [1.29, 1.82) is 0 Å². The van der Waals surface area contributed by atoms with Crippen molar-refractivity contribution in [2.24, 2.45) is 0 Å². The van der Waals surface area contributed by atoms with Crippen LogP contribution in [0.2, 0.25) is 0 Å². The highest BCUT2D eigenvalue weighted by Gasteiger charge is 2.03. The van der Waals surface area contributed by atoms with E-state index >= 15 is 0 Å². The zero-order valence-electron chi connectivity index (χ0n) is 10.7. The minimum Gasteiger partial charge on any atom is -0.351 e. The topological polar surface area (TPSA) is 66.9 Å². The van der Waals surface area contributed by atoms with E-state index in [-0.39, 0.29) is 5.91 Å². The standard InChI is InChI=1S/C13H16N4OS/c1-10-2-4-11(5-3-10)13(18)15-7-6-14-8-12-9-19-17-16-12/h2-5,9,14H,6-8H2,1H3,(H,15,18). The lowest BCUT2D eigenvalue weighted by Crippen LogP contribution is -2.31. The van der Waals surface area contributed by atoms with E-state index in [9.17, 15) is 4.79 Å². The van der Waals surface area contributed by atoms with Crippen LogP contribution in [0.4, 0.5) is 0 Å². The van der Waals surface area contributed by atoms with Gasteiger partial charge in [0.05, 0.1) is 5.69 Å². The largest absolute Gasteiger partial charge is 0.351 e. The van der Waals surface area contributed by atoms with E-state index in [1.165, 1.54) is 11.5 Å². The number of carbonyl (C=O) groups excluding carboxylic acids is 1. The summed E-state index contributed by atoms with van der Waals surface area (Å²) in [6.07, 6.45) is 0. The van der Waals surface area contributed by atoms with Crippen LogP contribution in [0.25, 0.3) is 0 Å². The van der Waals surface area contributed by atoms with Gasteiger partial charge in [0, 0.05) is 30.6 Å². The Balaban J connectivity index is 1.65. The molecule has 0 unspecified atom stereocenters. The highest BCUT2D eigenvalue weighted by molar-refractivity contribution is 7.03. The number of aromatic nitrogens is 2. The molecule has 6 heteroatoms. The molecule has 0 aliphatic rings. The van der Waals surface area contributed by atoms with Crippen LogP contribution in [0.1, 0.15) is 21.6 Å². The molecule has 19 heavy (non-hydrogen) atoms. The molecule has 2 rings (SSSR count). The molecule has 1 amide bonds. The molecule has 1 aromatic carbocycles. The highest BCUT2D eigenvalue weighted by atomic mass is 32.1. The summed E-state index contributed by atoms with van der Waals surface area (Å²) in [5.41, 5.74) is 2.76. The summed E-state index contributed by atoms with van der Waals surface area (Å²) in [7, 11) is 0. The van der Waals surface area contributed by atoms with E-state index < -0.39 is 0 Å². The van der Waals surface area contributed by atoms with Gasteiger partial charge in [-0.1, -0.05) is 22.2 Å². The predicted octanol–water partition coefficient (Wildman–Crippen LogP) is 1.37. The lowest BCUT2D eigenvalue weighted by Gasteiger charge is -2.06. The van der Waals surface area contributed by atoms with Crippen molar-refractivity contribution in [3.8, 4) is 0 Å². The van der Waals surface area contributed by atoms with Gasteiger partial charge < -0.3 is 10.6 Å². The van der Waals surface area contributed by atoms with Gasteiger partial charge in [0.1, 0.15) is 0 Å². The number of amides is 1. The molecule has 0 aliphatic carbocycles. The smallest absolute Gasteiger partial charge is 0.251 e. The van der Waals surface area contributed by atoms with Crippen LogP contribution in [0, 0.1) is 6.92 Å². The van der Waals surface area contributed by atoms with Gasteiger partial charge in [-0.3, -0.25) is 4.79 Å². The van der Waals surface area contributed by atoms with Crippen LogP contribution in [0.15, 0.2) is 29.6 Å². The van der Waals surface area contributed by atoms with Crippen molar-refractivity contribution in [3.63, 3.8) is 0 Å². The molecule has 2 N–H and O–H groups in total. The lowest BCUT2D eigenvalue weighted by atomic mass is 10.1. The monoisotopic (exact) mass is 276 g/mol. The van der Waals surface area contributed by atoms with Crippen LogP contribution >= 0.6 is 11.5 Å². The maximum absolute atomic E-state index is 11.8. The zero-order valence-corrected chi connectivity index (χ0v) is 11.5.